The lowest BCUT2D eigenvalue weighted by atomic mass is 10.2. The molecule has 0 amide bonds. The van der Waals surface area contributed by atoms with E-state index in [1.54, 1.807) is 6.20 Å². The van der Waals surface area contributed by atoms with Gasteiger partial charge in [-0.1, -0.05) is 0 Å². The van der Waals surface area contributed by atoms with Crippen molar-refractivity contribution < 1.29 is 0 Å². The molecule has 12 heavy (non-hydrogen) atoms. The topological polar surface area (TPSA) is 12.9 Å². The maximum Gasteiger partial charge on any atom is 0.0555 e. The fraction of sp³-hybridized carbons (Fsp3) is 0.222. The van der Waals surface area contributed by atoms with Gasteiger partial charge in [-0.2, -0.15) is 0 Å². The summed E-state index contributed by atoms with van der Waals surface area (Å²) in [5.74, 6) is 2.59. The van der Waals surface area contributed by atoms with Crippen LogP contribution >= 0.6 is 31.9 Å². The van der Waals surface area contributed by atoms with Crippen LogP contribution in [0.1, 0.15) is 12.1 Å². The summed E-state index contributed by atoms with van der Waals surface area (Å²) in [5.41, 5.74) is 1.01. The van der Waals surface area contributed by atoms with Gasteiger partial charge in [0.25, 0.3) is 0 Å². The molecule has 0 aliphatic rings. The predicted molar refractivity (Wildman–Crippen MR) is 56.8 cm³/mol. The molecule has 1 rings (SSSR count). The number of terminal acetylenes is 1. The molecule has 0 atom stereocenters. The van der Waals surface area contributed by atoms with Gasteiger partial charge in [-0.05, 0) is 37.9 Å². The van der Waals surface area contributed by atoms with Crippen molar-refractivity contribution in [2.45, 2.75) is 12.8 Å². The summed E-state index contributed by atoms with van der Waals surface area (Å²) < 4.78 is 1.98. The highest BCUT2D eigenvalue weighted by Gasteiger charge is 2.00. The molecule has 0 unspecified atom stereocenters. The zero-order chi connectivity index (χ0) is 8.97. The molecular formula is C9H7Br2N. The molecule has 0 saturated heterocycles. The second-order valence-electron chi connectivity index (χ2n) is 2.29. The SMILES string of the molecule is C#CCCc1ncc(Br)cc1Br. The summed E-state index contributed by atoms with van der Waals surface area (Å²) in [6, 6.07) is 1.97. The van der Waals surface area contributed by atoms with Crippen LogP contribution < -0.4 is 0 Å². The largest absolute Gasteiger partial charge is 0.259 e. The minimum absolute atomic E-state index is 0.729. The lowest BCUT2D eigenvalue weighted by molar-refractivity contribution is 0.951. The molecule has 0 fully saturated rings. The molecule has 0 bridgehead atoms. The van der Waals surface area contributed by atoms with Crippen molar-refractivity contribution in [3.8, 4) is 12.3 Å². The maximum atomic E-state index is 5.15. The molecule has 0 aliphatic heterocycles. The van der Waals surface area contributed by atoms with Crippen LogP contribution in [0.5, 0.6) is 0 Å². The van der Waals surface area contributed by atoms with Crippen molar-refractivity contribution in [2.24, 2.45) is 0 Å². The van der Waals surface area contributed by atoms with E-state index in [4.69, 9.17) is 6.42 Å². The van der Waals surface area contributed by atoms with Gasteiger partial charge in [0.1, 0.15) is 0 Å². The van der Waals surface area contributed by atoms with Gasteiger partial charge in [-0.3, -0.25) is 4.98 Å². The Morgan fingerprint density at radius 2 is 2.25 bits per heavy atom. The van der Waals surface area contributed by atoms with E-state index in [0.29, 0.717) is 0 Å². The monoisotopic (exact) mass is 287 g/mol. The average molecular weight is 289 g/mol. The van der Waals surface area contributed by atoms with Crippen LogP contribution in [0.25, 0.3) is 0 Å². The molecular weight excluding hydrogens is 282 g/mol. The highest BCUT2D eigenvalue weighted by atomic mass is 79.9. The number of aryl methyl sites for hydroxylation is 1. The van der Waals surface area contributed by atoms with Crippen LogP contribution in [-0.2, 0) is 6.42 Å². The van der Waals surface area contributed by atoms with E-state index in [9.17, 15) is 0 Å². The average Bonchev–Trinajstić information content (AvgIpc) is 2.03. The third-order valence-corrected chi connectivity index (χ3v) is 2.51. The Morgan fingerprint density at radius 1 is 1.50 bits per heavy atom. The molecule has 1 aromatic rings. The highest BCUT2D eigenvalue weighted by Crippen LogP contribution is 2.20. The predicted octanol–water partition coefficient (Wildman–Crippen LogP) is 3.17. The summed E-state index contributed by atoms with van der Waals surface area (Å²) in [5, 5.41) is 0. The number of nitrogens with zero attached hydrogens (tertiary/aromatic N) is 1. The number of hydrogen-bond donors (Lipinski definition) is 0. The van der Waals surface area contributed by atoms with Crippen molar-refractivity contribution in [3.05, 3.63) is 26.9 Å². The molecule has 1 aromatic heterocycles. The van der Waals surface area contributed by atoms with Gasteiger partial charge in [-0.25, -0.2) is 0 Å². The molecule has 0 spiro atoms. The Hall–Kier alpha value is -0.330. The van der Waals surface area contributed by atoms with Crippen molar-refractivity contribution >= 4 is 31.9 Å². The second-order valence-corrected chi connectivity index (χ2v) is 4.06. The van der Waals surface area contributed by atoms with Crippen LogP contribution in [0.4, 0.5) is 0 Å². The molecule has 1 heterocycles. The first-order valence-corrected chi connectivity index (χ1v) is 5.06. The summed E-state index contributed by atoms with van der Waals surface area (Å²) in [4.78, 5) is 4.23. The normalized spacial score (nSPS) is 9.42. The quantitative estimate of drug-likeness (QED) is 0.762. The molecule has 1 nitrogen and oxygen atoms in total. The maximum absolute atomic E-state index is 5.15. The smallest absolute Gasteiger partial charge is 0.0555 e. The van der Waals surface area contributed by atoms with Crippen LogP contribution in [0, 0.1) is 12.3 Å². The molecule has 0 aromatic carbocycles. The molecule has 0 radical (unpaired) electrons. The molecule has 0 aliphatic carbocycles. The Morgan fingerprint density at radius 3 is 2.83 bits per heavy atom. The van der Waals surface area contributed by atoms with Crippen LogP contribution in [-0.4, -0.2) is 4.98 Å². The third kappa shape index (κ3) is 2.62. The van der Waals surface area contributed by atoms with E-state index >= 15 is 0 Å². The van der Waals surface area contributed by atoms with E-state index in [-0.39, 0.29) is 0 Å². The number of pyridine rings is 1. The van der Waals surface area contributed by atoms with Crippen molar-refractivity contribution in [1.82, 2.24) is 4.98 Å². The molecule has 62 valence electrons. The van der Waals surface area contributed by atoms with E-state index in [2.05, 4.69) is 42.8 Å². The Balaban J connectivity index is 2.81. The van der Waals surface area contributed by atoms with Crippen LogP contribution in [0.3, 0.4) is 0 Å². The second kappa shape index (κ2) is 4.64. The Bertz CT molecular complexity index is 315. The summed E-state index contributed by atoms with van der Waals surface area (Å²) in [6.07, 6.45) is 8.48. The summed E-state index contributed by atoms with van der Waals surface area (Å²) in [7, 11) is 0. The lowest BCUT2D eigenvalue weighted by Gasteiger charge is -2.00. The van der Waals surface area contributed by atoms with Gasteiger partial charge in [0.05, 0.1) is 5.69 Å². The van der Waals surface area contributed by atoms with Crippen molar-refractivity contribution in [1.29, 1.82) is 0 Å². The number of aromatic nitrogens is 1. The first-order chi connectivity index (χ1) is 5.74. The van der Waals surface area contributed by atoms with E-state index < -0.39 is 0 Å². The minimum atomic E-state index is 0.729. The standard InChI is InChI=1S/C9H7Br2N/c1-2-3-4-9-8(11)5-7(10)6-12-9/h1,5-6H,3-4H2. The zero-order valence-electron chi connectivity index (χ0n) is 6.35. The van der Waals surface area contributed by atoms with Crippen LogP contribution in [0.15, 0.2) is 21.2 Å². The van der Waals surface area contributed by atoms with Gasteiger partial charge in [0.15, 0.2) is 0 Å². The fourth-order valence-electron chi connectivity index (χ4n) is 0.817. The molecule has 0 N–H and O–H groups in total. The number of hydrogen-bond acceptors (Lipinski definition) is 1. The van der Waals surface area contributed by atoms with Crippen molar-refractivity contribution in [2.75, 3.05) is 0 Å². The van der Waals surface area contributed by atoms with Gasteiger partial charge < -0.3 is 0 Å². The van der Waals surface area contributed by atoms with Gasteiger partial charge in [0.2, 0.25) is 0 Å². The van der Waals surface area contributed by atoms with Gasteiger partial charge in [0, 0.05) is 28.0 Å². The van der Waals surface area contributed by atoms with E-state index in [1.165, 1.54) is 0 Å². The zero-order valence-corrected chi connectivity index (χ0v) is 9.52. The summed E-state index contributed by atoms with van der Waals surface area (Å²) in [6.45, 7) is 0. The Kier molecular flexibility index (Phi) is 3.77. The Labute approximate surface area is 88.8 Å². The summed E-state index contributed by atoms with van der Waals surface area (Å²) >= 11 is 6.75. The molecule has 3 heteroatoms. The lowest BCUT2D eigenvalue weighted by Crippen LogP contribution is -1.90. The first kappa shape index (κ1) is 9.76. The highest BCUT2D eigenvalue weighted by molar-refractivity contribution is 9.11. The van der Waals surface area contributed by atoms with Gasteiger partial charge in [-0.15, -0.1) is 12.3 Å². The number of rotatable bonds is 2. The number of halogens is 2. The van der Waals surface area contributed by atoms with E-state index in [0.717, 1.165) is 27.5 Å². The minimum Gasteiger partial charge on any atom is -0.259 e. The fourth-order valence-corrected chi connectivity index (χ4v) is 2.00. The first-order valence-electron chi connectivity index (χ1n) is 3.47. The van der Waals surface area contributed by atoms with E-state index in [1.807, 2.05) is 6.07 Å². The van der Waals surface area contributed by atoms with Crippen LogP contribution in [0.2, 0.25) is 0 Å². The molecule has 0 saturated carbocycles. The van der Waals surface area contributed by atoms with Crippen molar-refractivity contribution in [3.63, 3.8) is 0 Å². The third-order valence-electron chi connectivity index (χ3n) is 1.39. The van der Waals surface area contributed by atoms with Gasteiger partial charge >= 0.3 is 0 Å².